The van der Waals surface area contributed by atoms with Gasteiger partial charge < -0.3 is 5.11 Å². The van der Waals surface area contributed by atoms with Crippen LogP contribution in [0.1, 0.15) is 10.4 Å². The fourth-order valence-corrected chi connectivity index (χ4v) is 1.94. The normalized spacial score (nSPS) is 10.2. The summed E-state index contributed by atoms with van der Waals surface area (Å²) in [4.78, 5) is 21.2. The van der Waals surface area contributed by atoms with Gasteiger partial charge in [-0.15, -0.1) is 0 Å². The molecule has 1 N–H and O–H groups in total. The molecule has 2 aromatic rings. The largest absolute Gasteiger partial charge is 0.478 e. The minimum absolute atomic E-state index is 0.149. The van der Waals surface area contributed by atoms with Gasteiger partial charge in [-0.3, -0.25) is 10.1 Å². The van der Waals surface area contributed by atoms with Crippen molar-refractivity contribution >= 4 is 23.3 Å². The van der Waals surface area contributed by atoms with Crippen molar-refractivity contribution in [1.82, 2.24) is 0 Å². The van der Waals surface area contributed by atoms with Crippen LogP contribution in [-0.2, 0) is 0 Å². The molecule has 0 amide bonds. The fourth-order valence-electron chi connectivity index (χ4n) is 1.69. The van der Waals surface area contributed by atoms with Gasteiger partial charge in [0.25, 0.3) is 5.69 Å². The minimum Gasteiger partial charge on any atom is -0.478 e. The van der Waals surface area contributed by atoms with E-state index in [9.17, 15) is 14.9 Å². The number of rotatable bonds is 3. The summed E-state index contributed by atoms with van der Waals surface area (Å²) >= 11 is 6.01. The van der Waals surface area contributed by atoms with Gasteiger partial charge in [0.15, 0.2) is 0 Å². The van der Waals surface area contributed by atoms with Crippen LogP contribution >= 0.6 is 11.6 Å². The molecule has 0 atom stereocenters. The molecule has 0 aromatic heterocycles. The van der Waals surface area contributed by atoms with Crippen LogP contribution in [0.2, 0.25) is 5.02 Å². The zero-order valence-corrected chi connectivity index (χ0v) is 10.3. The Morgan fingerprint density at radius 3 is 2.47 bits per heavy atom. The third-order valence-electron chi connectivity index (χ3n) is 2.56. The van der Waals surface area contributed by atoms with Gasteiger partial charge in [-0.2, -0.15) is 0 Å². The zero-order valence-electron chi connectivity index (χ0n) is 9.54. The van der Waals surface area contributed by atoms with E-state index in [2.05, 4.69) is 0 Å². The highest BCUT2D eigenvalue weighted by Crippen LogP contribution is 2.31. The van der Waals surface area contributed by atoms with Crippen molar-refractivity contribution in [3.63, 3.8) is 0 Å². The van der Waals surface area contributed by atoms with Crippen molar-refractivity contribution in [2.24, 2.45) is 0 Å². The molecule has 0 radical (unpaired) electrons. The molecule has 0 aliphatic carbocycles. The van der Waals surface area contributed by atoms with Crippen molar-refractivity contribution in [3.8, 4) is 11.1 Å². The maximum absolute atomic E-state index is 11.0. The van der Waals surface area contributed by atoms with Crippen LogP contribution in [0.4, 0.5) is 5.69 Å². The number of carboxylic acids is 1. The van der Waals surface area contributed by atoms with Crippen LogP contribution in [0, 0.1) is 10.1 Å². The first-order valence-corrected chi connectivity index (χ1v) is 5.64. The van der Waals surface area contributed by atoms with Gasteiger partial charge in [-0.1, -0.05) is 29.8 Å². The molecule has 2 rings (SSSR count). The minimum atomic E-state index is -1.22. The highest BCUT2D eigenvalue weighted by Gasteiger charge is 2.15. The first-order valence-electron chi connectivity index (χ1n) is 5.26. The highest BCUT2D eigenvalue weighted by atomic mass is 35.5. The molecule has 2 aromatic carbocycles. The van der Waals surface area contributed by atoms with Gasteiger partial charge in [-0.25, -0.2) is 4.79 Å². The second-order valence-electron chi connectivity index (χ2n) is 3.81. The van der Waals surface area contributed by atoms with E-state index in [0.29, 0.717) is 16.1 Å². The molecule has 0 bridgehead atoms. The molecular formula is C13H8ClNO4. The molecule has 0 aliphatic rings. The Morgan fingerprint density at radius 1 is 1.21 bits per heavy atom. The van der Waals surface area contributed by atoms with Gasteiger partial charge in [-0.05, 0) is 17.7 Å². The first kappa shape index (κ1) is 13.0. The molecule has 0 fully saturated rings. The highest BCUT2D eigenvalue weighted by molar-refractivity contribution is 6.33. The molecule has 96 valence electrons. The van der Waals surface area contributed by atoms with E-state index in [-0.39, 0.29) is 11.3 Å². The van der Waals surface area contributed by atoms with Crippen LogP contribution in [0.3, 0.4) is 0 Å². The summed E-state index contributed by atoms with van der Waals surface area (Å²) < 4.78 is 0. The van der Waals surface area contributed by atoms with Crippen molar-refractivity contribution < 1.29 is 14.8 Å². The molecule has 5 nitrogen and oxygen atoms in total. The van der Waals surface area contributed by atoms with E-state index in [4.69, 9.17) is 16.7 Å². The Labute approximate surface area is 113 Å². The standard InChI is InChI=1S/C13H8ClNO4/c14-12-4-2-1-3-11(12)8-5-9(13(16)17)7-10(6-8)15(18)19/h1-7H,(H,16,17). The third-order valence-corrected chi connectivity index (χ3v) is 2.89. The van der Waals surface area contributed by atoms with E-state index in [1.807, 2.05) is 0 Å². The lowest BCUT2D eigenvalue weighted by Crippen LogP contribution is -1.99. The Kier molecular flexibility index (Phi) is 3.48. The number of hydrogen-bond donors (Lipinski definition) is 1. The average molecular weight is 278 g/mol. The van der Waals surface area contributed by atoms with Crippen molar-refractivity contribution in [1.29, 1.82) is 0 Å². The van der Waals surface area contributed by atoms with Gasteiger partial charge in [0.05, 0.1) is 10.5 Å². The number of benzene rings is 2. The second-order valence-corrected chi connectivity index (χ2v) is 4.22. The summed E-state index contributed by atoms with van der Waals surface area (Å²) in [7, 11) is 0. The third kappa shape index (κ3) is 2.71. The van der Waals surface area contributed by atoms with Gasteiger partial charge in [0.1, 0.15) is 0 Å². The number of halogens is 1. The summed E-state index contributed by atoms with van der Waals surface area (Å²) in [5.41, 5.74) is 0.520. The van der Waals surface area contributed by atoms with Crippen LogP contribution in [0.5, 0.6) is 0 Å². The van der Waals surface area contributed by atoms with E-state index in [0.717, 1.165) is 6.07 Å². The Morgan fingerprint density at radius 2 is 1.89 bits per heavy atom. The summed E-state index contributed by atoms with van der Waals surface area (Å²) in [5.74, 6) is -1.22. The fraction of sp³-hybridized carbons (Fsp3) is 0. The maximum atomic E-state index is 11.0. The number of nitrogens with zero attached hydrogens (tertiary/aromatic N) is 1. The van der Waals surface area contributed by atoms with E-state index < -0.39 is 10.9 Å². The summed E-state index contributed by atoms with van der Waals surface area (Å²) in [6.07, 6.45) is 0. The van der Waals surface area contributed by atoms with Gasteiger partial charge in [0.2, 0.25) is 0 Å². The second kappa shape index (κ2) is 5.07. The number of hydrogen-bond acceptors (Lipinski definition) is 3. The van der Waals surface area contributed by atoms with Crippen molar-refractivity contribution in [2.75, 3.05) is 0 Å². The Balaban J connectivity index is 2.67. The van der Waals surface area contributed by atoms with Gasteiger partial charge >= 0.3 is 5.97 Å². The number of carbonyl (C=O) groups is 1. The Hall–Kier alpha value is -2.40. The van der Waals surface area contributed by atoms with Gasteiger partial charge in [0, 0.05) is 22.7 Å². The maximum Gasteiger partial charge on any atom is 0.335 e. The number of carboxylic acid groups (broad SMARTS) is 1. The van der Waals surface area contributed by atoms with Crippen LogP contribution < -0.4 is 0 Å². The lowest BCUT2D eigenvalue weighted by molar-refractivity contribution is -0.384. The lowest BCUT2D eigenvalue weighted by Gasteiger charge is -2.05. The molecule has 0 saturated heterocycles. The molecule has 0 heterocycles. The summed E-state index contributed by atoms with van der Waals surface area (Å²) in [5, 5.41) is 20.2. The average Bonchev–Trinajstić information content (AvgIpc) is 2.38. The monoisotopic (exact) mass is 277 g/mol. The molecule has 0 spiro atoms. The molecule has 19 heavy (non-hydrogen) atoms. The topological polar surface area (TPSA) is 80.4 Å². The molecule has 0 unspecified atom stereocenters. The van der Waals surface area contributed by atoms with Crippen molar-refractivity contribution in [2.45, 2.75) is 0 Å². The molecule has 0 aliphatic heterocycles. The summed E-state index contributed by atoms with van der Waals surface area (Å²) in [6.45, 7) is 0. The van der Waals surface area contributed by atoms with E-state index in [1.165, 1.54) is 12.1 Å². The van der Waals surface area contributed by atoms with E-state index >= 15 is 0 Å². The number of nitro benzene ring substituents is 1. The lowest BCUT2D eigenvalue weighted by atomic mass is 10.0. The first-order chi connectivity index (χ1) is 8.99. The smallest absolute Gasteiger partial charge is 0.335 e. The molecule has 0 saturated carbocycles. The summed E-state index contributed by atoms with van der Waals surface area (Å²) in [6, 6.07) is 10.4. The quantitative estimate of drug-likeness (QED) is 0.686. The number of non-ortho nitro benzene ring substituents is 1. The van der Waals surface area contributed by atoms with Crippen LogP contribution in [0.15, 0.2) is 42.5 Å². The number of aromatic carboxylic acids is 1. The van der Waals surface area contributed by atoms with Crippen LogP contribution in [0.25, 0.3) is 11.1 Å². The van der Waals surface area contributed by atoms with Crippen LogP contribution in [-0.4, -0.2) is 16.0 Å². The molecular weight excluding hydrogens is 270 g/mol. The Bertz CT molecular complexity index is 637. The predicted octanol–water partition coefficient (Wildman–Crippen LogP) is 3.61. The van der Waals surface area contributed by atoms with Crippen molar-refractivity contribution in [3.05, 3.63) is 63.2 Å². The number of nitro groups is 1. The predicted molar refractivity (Wildman–Crippen MR) is 70.5 cm³/mol. The van der Waals surface area contributed by atoms with E-state index in [1.54, 1.807) is 24.3 Å². The molecule has 6 heteroatoms. The zero-order chi connectivity index (χ0) is 14.0. The SMILES string of the molecule is O=C(O)c1cc(-c2ccccc2Cl)cc([N+](=O)[O-])c1.